The van der Waals surface area contributed by atoms with Crippen LogP contribution in [-0.2, 0) is 24.8 Å². The summed E-state index contributed by atoms with van der Waals surface area (Å²) in [5, 5.41) is 10.3. The molecule has 0 saturated heterocycles. The minimum absolute atomic E-state index is 0.00511. The number of carbonyl (C=O) groups is 1. The van der Waals surface area contributed by atoms with Crippen molar-refractivity contribution in [2.75, 3.05) is 6.54 Å². The van der Waals surface area contributed by atoms with Crippen molar-refractivity contribution in [2.24, 2.45) is 7.05 Å². The van der Waals surface area contributed by atoms with Crippen molar-refractivity contribution in [3.05, 3.63) is 47.3 Å². The lowest BCUT2D eigenvalue weighted by Crippen LogP contribution is -2.36. The minimum atomic E-state index is -0.222. The molecule has 1 aromatic carbocycles. The molecule has 1 N–H and O–H groups in total. The first-order valence-electron chi connectivity index (χ1n) is 6.55. The van der Waals surface area contributed by atoms with Gasteiger partial charge in [-0.1, -0.05) is 29.5 Å². The lowest BCUT2D eigenvalue weighted by Gasteiger charge is -2.25. The van der Waals surface area contributed by atoms with Crippen LogP contribution in [0.3, 0.4) is 0 Å². The topological polar surface area (TPSA) is 69.0 Å². The Morgan fingerprint density at radius 1 is 1.45 bits per heavy atom. The third-order valence-corrected chi connectivity index (χ3v) is 3.37. The summed E-state index contributed by atoms with van der Waals surface area (Å²) >= 11 is 0. The molecule has 0 fully saturated rings. The highest BCUT2D eigenvalue weighted by atomic mass is 16.5. The van der Waals surface area contributed by atoms with Crippen LogP contribution >= 0.6 is 0 Å². The van der Waals surface area contributed by atoms with Gasteiger partial charge in [-0.3, -0.25) is 9.48 Å². The van der Waals surface area contributed by atoms with E-state index in [1.165, 1.54) is 15.8 Å². The molecular weight excluding hydrogens is 256 g/mol. The Balaban J connectivity index is 1.56. The van der Waals surface area contributed by atoms with Crippen LogP contribution in [0.1, 0.15) is 21.6 Å². The Morgan fingerprint density at radius 2 is 2.25 bits per heavy atom. The molecule has 0 saturated carbocycles. The second kappa shape index (κ2) is 5.42. The van der Waals surface area contributed by atoms with Gasteiger partial charge in [0, 0.05) is 20.0 Å². The summed E-state index contributed by atoms with van der Waals surface area (Å²) in [6.07, 6.45) is 2.41. The molecule has 6 nitrogen and oxygen atoms in total. The Bertz CT molecular complexity index is 623. The molecule has 0 aliphatic carbocycles. The SMILES string of the molecule is Cn1cc(C(=O)NC[C@H]2Cc3ccccc3CO2)nn1. The Labute approximate surface area is 116 Å². The van der Waals surface area contributed by atoms with Gasteiger partial charge in [0.15, 0.2) is 5.69 Å². The number of rotatable bonds is 3. The van der Waals surface area contributed by atoms with Crippen LogP contribution in [0.5, 0.6) is 0 Å². The highest BCUT2D eigenvalue weighted by molar-refractivity contribution is 5.91. The first-order valence-corrected chi connectivity index (χ1v) is 6.55. The van der Waals surface area contributed by atoms with Crippen molar-refractivity contribution in [1.82, 2.24) is 20.3 Å². The van der Waals surface area contributed by atoms with Crippen molar-refractivity contribution in [3.8, 4) is 0 Å². The summed E-state index contributed by atoms with van der Waals surface area (Å²) in [5.74, 6) is -0.222. The number of aromatic nitrogens is 3. The molecule has 1 amide bonds. The first-order chi connectivity index (χ1) is 9.72. The van der Waals surface area contributed by atoms with E-state index in [4.69, 9.17) is 4.74 Å². The Morgan fingerprint density at radius 3 is 3.00 bits per heavy atom. The summed E-state index contributed by atoms with van der Waals surface area (Å²) < 4.78 is 7.24. The van der Waals surface area contributed by atoms with Gasteiger partial charge in [0.25, 0.3) is 5.91 Å². The van der Waals surface area contributed by atoms with E-state index in [-0.39, 0.29) is 12.0 Å². The molecular formula is C14H16N4O2. The standard InChI is InChI=1S/C14H16N4O2/c1-18-8-13(16-17-18)14(19)15-7-12-6-10-4-2-3-5-11(10)9-20-12/h2-5,8,12H,6-7,9H2,1H3,(H,15,19)/t12-/m1/s1. The van der Waals surface area contributed by atoms with Gasteiger partial charge in [0.1, 0.15) is 0 Å². The summed E-state index contributed by atoms with van der Waals surface area (Å²) in [6.45, 7) is 1.07. The zero-order chi connectivity index (χ0) is 13.9. The molecule has 1 aromatic heterocycles. The number of ether oxygens (including phenoxy) is 1. The maximum atomic E-state index is 11.9. The molecule has 104 valence electrons. The normalized spacial score (nSPS) is 17.6. The molecule has 2 heterocycles. The number of aryl methyl sites for hydroxylation is 1. The third-order valence-electron chi connectivity index (χ3n) is 3.37. The lowest BCUT2D eigenvalue weighted by molar-refractivity contribution is 0.0284. The van der Waals surface area contributed by atoms with Crippen LogP contribution < -0.4 is 5.32 Å². The third kappa shape index (κ3) is 2.70. The number of carbonyl (C=O) groups excluding carboxylic acids is 1. The Kier molecular flexibility index (Phi) is 3.47. The minimum Gasteiger partial charge on any atom is -0.371 e. The summed E-state index contributed by atoms with van der Waals surface area (Å²) in [6, 6.07) is 8.22. The van der Waals surface area contributed by atoms with Gasteiger partial charge >= 0.3 is 0 Å². The van der Waals surface area contributed by atoms with Crippen LogP contribution in [0.15, 0.2) is 30.5 Å². The van der Waals surface area contributed by atoms with E-state index in [1.54, 1.807) is 13.2 Å². The molecule has 1 aliphatic heterocycles. The van der Waals surface area contributed by atoms with Crippen molar-refractivity contribution in [3.63, 3.8) is 0 Å². The van der Waals surface area contributed by atoms with Gasteiger partial charge in [-0.2, -0.15) is 0 Å². The molecule has 20 heavy (non-hydrogen) atoms. The maximum Gasteiger partial charge on any atom is 0.273 e. The van der Waals surface area contributed by atoms with E-state index < -0.39 is 0 Å². The van der Waals surface area contributed by atoms with Crippen LogP contribution in [-0.4, -0.2) is 33.5 Å². The molecule has 1 aliphatic rings. The van der Waals surface area contributed by atoms with Crippen molar-refractivity contribution in [1.29, 1.82) is 0 Å². The number of nitrogens with zero attached hydrogens (tertiary/aromatic N) is 3. The monoisotopic (exact) mass is 272 g/mol. The highest BCUT2D eigenvalue weighted by Crippen LogP contribution is 2.19. The first kappa shape index (κ1) is 12.8. The van der Waals surface area contributed by atoms with Crippen molar-refractivity contribution < 1.29 is 9.53 Å². The van der Waals surface area contributed by atoms with Gasteiger partial charge in [-0.15, -0.1) is 5.10 Å². The van der Waals surface area contributed by atoms with Crippen molar-refractivity contribution >= 4 is 5.91 Å². The molecule has 0 spiro atoms. The van der Waals surface area contributed by atoms with Crippen LogP contribution in [0, 0.1) is 0 Å². The fourth-order valence-corrected chi connectivity index (χ4v) is 2.29. The fourth-order valence-electron chi connectivity index (χ4n) is 2.29. The predicted octanol–water partition coefficient (Wildman–Crippen LogP) is 0.686. The van der Waals surface area contributed by atoms with Crippen LogP contribution in [0.2, 0.25) is 0 Å². The van der Waals surface area contributed by atoms with Gasteiger partial charge in [-0.05, 0) is 11.1 Å². The number of benzene rings is 1. The van der Waals surface area contributed by atoms with Gasteiger partial charge in [-0.25, -0.2) is 0 Å². The quantitative estimate of drug-likeness (QED) is 0.892. The van der Waals surface area contributed by atoms with E-state index in [2.05, 4.69) is 27.8 Å². The van der Waals surface area contributed by atoms with E-state index in [1.807, 2.05) is 12.1 Å². The van der Waals surface area contributed by atoms with Crippen molar-refractivity contribution in [2.45, 2.75) is 19.1 Å². The number of amides is 1. The second-order valence-corrected chi connectivity index (χ2v) is 4.89. The molecule has 3 rings (SSSR count). The van der Waals surface area contributed by atoms with Gasteiger partial charge in [0.05, 0.1) is 18.9 Å². The van der Waals surface area contributed by atoms with E-state index in [9.17, 15) is 4.79 Å². The molecule has 0 unspecified atom stereocenters. The number of hydrogen-bond acceptors (Lipinski definition) is 4. The van der Waals surface area contributed by atoms with E-state index in [0.717, 1.165) is 6.42 Å². The van der Waals surface area contributed by atoms with Gasteiger partial charge < -0.3 is 10.1 Å². The number of nitrogens with one attached hydrogen (secondary N) is 1. The molecule has 0 radical (unpaired) electrons. The van der Waals surface area contributed by atoms with Crippen LogP contribution in [0.4, 0.5) is 0 Å². The summed E-state index contributed by atoms with van der Waals surface area (Å²) in [5.41, 5.74) is 2.84. The number of hydrogen-bond donors (Lipinski definition) is 1. The lowest BCUT2D eigenvalue weighted by atomic mass is 9.99. The molecule has 6 heteroatoms. The van der Waals surface area contributed by atoms with Gasteiger partial charge in [0.2, 0.25) is 0 Å². The average Bonchev–Trinajstić information content (AvgIpc) is 2.91. The molecule has 1 atom stereocenters. The summed E-state index contributed by atoms with van der Waals surface area (Å²) in [7, 11) is 1.73. The zero-order valence-electron chi connectivity index (χ0n) is 11.2. The zero-order valence-corrected chi connectivity index (χ0v) is 11.2. The molecule has 0 bridgehead atoms. The highest BCUT2D eigenvalue weighted by Gasteiger charge is 2.20. The molecule has 2 aromatic rings. The fraction of sp³-hybridized carbons (Fsp3) is 0.357. The number of fused-ring (bicyclic) bond motifs is 1. The predicted molar refractivity (Wildman–Crippen MR) is 72.1 cm³/mol. The van der Waals surface area contributed by atoms with Crippen LogP contribution in [0.25, 0.3) is 0 Å². The average molecular weight is 272 g/mol. The smallest absolute Gasteiger partial charge is 0.273 e. The second-order valence-electron chi connectivity index (χ2n) is 4.89. The maximum absolute atomic E-state index is 11.9. The Hall–Kier alpha value is -2.21. The van der Waals surface area contributed by atoms with E-state index >= 15 is 0 Å². The largest absolute Gasteiger partial charge is 0.371 e. The van der Waals surface area contributed by atoms with E-state index in [0.29, 0.717) is 18.8 Å². The summed E-state index contributed by atoms with van der Waals surface area (Å²) in [4.78, 5) is 11.9.